The maximum absolute atomic E-state index is 13.1. The summed E-state index contributed by atoms with van der Waals surface area (Å²) in [5, 5.41) is 5.97. The van der Waals surface area contributed by atoms with Crippen LogP contribution in [0.1, 0.15) is 57.9 Å². The highest BCUT2D eigenvalue weighted by atomic mass is 16.2. The molecule has 2 aliphatic rings. The summed E-state index contributed by atoms with van der Waals surface area (Å²) < 4.78 is 0. The number of nitrogens with zero attached hydrogens (tertiary/aromatic N) is 1. The van der Waals surface area contributed by atoms with Crippen LogP contribution in [0.3, 0.4) is 0 Å². The van der Waals surface area contributed by atoms with Crippen molar-refractivity contribution in [3.8, 4) is 0 Å². The molecule has 3 rings (SSSR count). The minimum Gasteiger partial charge on any atom is -0.349 e. The van der Waals surface area contributed by atoms with Crippen LogP contribution in [0.2, 0.25) is 0 Å². The van der Waals surface area contributed by atoms with E-state index in [4.69, 9.17) is 0 Å². The third-order valence-electron chi connectivity index (χ3n) is 6.14. The molecule has 152 valence electrons. The Labute approximate surface area is 167 Å². The van der Waals surface area contributed by atoms with Crippen molar-refractivity contribution >= 4 is 23.4 Å². The zero-order valence-electron chi connectivity index (χ0n) is 17.0. The first-order chi connectivity index (χ1) is 13.4. The van der Waals surface area contributed by atoms with Crippen molar-refractivity contribution in [1.82, 2.24) is 10.2 Å². The number of carbonyl (C=O) groups excluding carboxylic acids is 3. The molecule has 6 nitrogen and oxygen atoms in total. The number of hydrogen-bond acceptors (Lipinski definition) is 3. The van der Waals surface area contributed by atoms with Gasteiger partial charge in [-0.25, -0.2) is 0 Å². The molecule has 1 aliphatic carbocycles. The van der Waals surface area contributed by atoms with Crippen molar-refractivity contribution in [2.45, 2.75) is 77.4 Å². The second-order valence-corrected chi connectivity index (χ2v) is 8.10. The maximum atomic E-state index is 13.1. The van der Waals surface area contributed by atoms with Crippen molar-refractivity contribution in [1.29, 1.82) is 0 Å². The number of hydrogen-bond donors (Lipinski definition) is 2. The Morgan fingerprint density at radius 1 is 1.25 bits per heavy atom. The lowest BCUT2D eigenvalue weighted by Gasteiger charge is -2.48. The molecular formula is C22H31N3O3. The monoisotopic (exact) mass is 385 g/mol. The summed E-state index contributed by atoms with van der Waals surface area (Å²) in [7, 11) is 0. The van der Waals surface area contributed by atoms with E-state index in [1.165, 1.54) is 0 Å². The lowest BCUT2D eigenvalue weighted by molar-refractivity contribution is -0.154. The van der Waals surface area contributed by atoms with Crippen LogP contribution in [-0.2, 0) is 14.4 Å². The van der Waals surface area contributed by atoms with E-state index in [-0.39, 0.29) is 42.1 Å². The fourth-order valence-electron chi connectivity index (χ4n) is 4.28. The van der Waals surface area contributed by atoms with E-state index in [1.54, 1.807) is 4.90 Å². The fraction of sp³-hybridized carbons (Fsp3) is 0.591. The molecule has 0 bridgehead atoms. The van der Waals surface area contributed by atoms with Gasteiger partial charge in [0.2, 0.25) is 17.7 Å². The molecule has 1 aliphatic heterocycles. The number of nitrogens with one attached hydrogen (secondary N) is 2. The summed E-state index contributed by atoms with van der Waals surface area (Å²) in [6.07, 6.45) is 4.57. The first-order valence-corrected chi connectivity index (χ1v) is 10.4. The summed E-state index contributed by atoms with van der Waals surface area (Å²) in [4.78, 5) is 40.5. The Kier molecular flexibility index (Phi) is 6.37. The smallest absolute Gasteiger partial charge is 0.243 e. The predicted octanol–water partition coefficient (Wildman–Crippen LogP) is 3.01. The number of benzene rings is 1. The molecule has 1 aromatic carbocycles. The number of rotatable bonds is 5. The van der Waals surface area contributed by atoms with E-state index >= 15 is 0 Å². The molecule has 6 heteroatoms. The number of piperazine rings is 1. The Hall–Kier alpha value is -2.37. The van der Waals surface area contributed by atoms with E-state index in [0.717, 1.165) is 43.4 Å². The molecule has 2 fully saturated rings. The first-order valence-electron chi connectivity index (χ1n) is 10.4. The lowest BCUT2D eigenvalue weighted by atomic mass is 9.84. The highest BCUT2D eigenvalue weighted by Crippen LogP contribution is 2.31. The highest BCUT2D eigenvalue weighted by Gasteiger charge is 2.46. The SMILES string of the molecule is CC[C@H](C)C(=O)N1[C@H](CC(=O)Nc2ccccc2C)C(=O)N[C@@H]2CCCC[C@H]21. The quantitative estimate of drug-likeness (QED) is 0.818. The van der Waals surface area contributed by atoms with Crippen LogP contribution in [-0.4, -0.2) is 40.7 Å². The zero-order valence-corrected chi connectivity index (χ0v) is 17.0. The topological polar surface area (TPSA) is 78.5 Å². The van der Waals surface area contributed by atoms with Crippen LogP contribution in [0.5, 0.6) is 0 Å². The first kappa shape index (κ1) is 20.4. The van der Waals surface area contributed by atoms with E-state index in [1.807, 2.05) is 45.0 Å². The third-order valence-corrected chi connectivity index (χ3v) is 6.14. The normalized spacial score (nSPS) is 25.5. The van der Waals surface area contributed by atoms with Crippen LogP contribution >= 0.6 is 0 Å². The lowest BCUT2D eigenvalue weighted by Crippen LogP contribution is -2.68. The van der Waals surface area contributed by atoms with Crippen molar-refractivity contribution in [2.24, 2.45) is 5.92 Å². The maximum Gasteiger partial charge on any atom is 0.243 e. The zero-order chi connectivity index (χ0) is 20.3. The number of anilines is 1. The van der Waals surface area contributed by atoms with Gasteiger partial charge in [0, 0.05) is 17.6 Å². The van der Waals surface area contributed by atoms with Crippen LogP contribution in [0.25, 0.3) is 0 Å². The molecule has 1 saturated carbocycles. The van der Waals surface area contributed by atoms with Crippen LogP contribution in [0, 0.1) is 12.8 Å². The molecule has 0 aromatic heterocycles. The van der Waals surface area contributed by atoms with Gasteiger partial charge in [-0.1, -0.05) is 44.9 Å². The summed E-state index contributed by atoms with van der Waals surface area (Å²) >= 11 is 0. The average Bonchev–Trinajstić information content (AvgIpc) is 2.69. The third kappa shape index (κ3) is 4.21. The fourth-order valence-corrected chi connectivity index (χ4v) is 4.28. The minimum atomic E-state index is -0.745. The van der Waals surface area contributed by atoms with E-state index < -0.39 is 6.04 Å². The van der Waals surface area contributed by atoms with Crippen LogP contribution in [0.15, 0.2) is 24.3 Å². The molecular weight excluding hydrogens is 354 g/mol. The molecule has 3 amide bonds. The van der Waals surface area contributed by atoms with Gasteiger partial charge in [0.25, 0.3) is 0 Å². The Balaban J connectivity index is 1.81. The van der Waals surface area contributed by atoms with E-state index in [9.17, 15) is 14.4 Å². The van der Waals surface area contributed by atoms with E-state index in [2.05, 4.69) is 10.6 Å². The van der Waals surface area contributed by atoms with Gasteiger partial charge in [-0.05, 0) is 37.8 Å². The summed E-state index contributed by atoms with van der Waals surface area (Å²) in [5.74, 6) is -0.622. The van der Waals surface area contributed by atoms with Gasteiger partial charge in [-0.2, -0.15) is 0 Å². The number of carbonyl (C=O) groups is 3. The Morgan fingerprint density at radius 2 is 1.96 bits per heavy atom. The summed E-state index contributed by atoms with van der Waals surface area (Å²) in [5.41, 5.74) is 1.70. The largest absolute Gasteiger partial charge is 0.349 e. The molecule has 1 aromatic rings. The van der Waals surface area contributed by atoms with Gasteiger partial charge in [-0.3, -0.25) is 14.4 Å². The average molecular weight is 386 g/mol. The van der Waals surface area contributed by atoms with Gasteiger partial charge < -0.3 is 15.5 Å². The molecule has 28 heavy (non-hydrogen) atoms. The van der Waals surface area contributed by atoms with E-state index in [0.29, 0.717) is 0 Å². The van der Waals surface area contributed by atoms with Crippen molar-refractivity contribution in [2.75, 3.05) is 5.32 Å². The number of para-hydroxylation sites is 1. The molecule has 1 saturated heterocycles. The minimum absolute atomic E-state index is 0.00457. The molecule has 0 radical (unpaired) electrons. The summed E-state index contributed by atoms with van der Waals surface area (Å²) in [6.45, 7) is 5.80. The standard InChI is InChI=1S/C22H31N3O3/c1-4-14(2)22(28)25-18-12-8-7-11-17(18)24-21(27)19(25)13-20(26)23-16-10-6-5-9-15(16)3/h5-6,9-10,14,17-19H,4,7-8,11-13H2,1-3H3,(H,23,26)(H,24,27)/t14-,17+,18+,19+/m0/s1. The predicted molar refractivity (Wildman–Crippen MR) is 109 cm³/mol. The van der Waals surface area contributed by atoms with Crippen molar-refractivity contribution < 1.29 is 14.4 Å². The Morgan fingerprint density at radius 3 is 2.68 bits per heavy atom. The van der Waals surface area contributed by atoms with Gasteiger partial charge in [0.15, 0.2) is 0 Å². The van der Waals surface area contributed by atoms with Crippen LogP contribution < -0.4 is 10.6 Å². The Bertz CT molecular complexity index is 748. The molecule has 4 atom stereocenters. The van der Waals surface area contributed by atoms with Gasteiger partial charge in [0.1, 0.15) is 6.04 Å². The number of aryl methyl sites for hydroxylation is 1. The second kappa shape index (κ2) is 8.76. The van der Waals surface area contributed by atoms with Crippen molar-refractivity contribution in [3.05, 3.63) is 29.8 Å². The number of fused-ring (bicyclic) bond motifs is 1. The van der Waals surface area contributed by atoms with Gasteiger partial charge in [-0.15, -0.1) is 0 Å². The van der Waals surface area contributed by atoms with Gasteiger partial charge >= 0.3 is 0 Å². The second-order valence-electron chi connectivity index (χ2n) is 8.10. The molecule has 2 N–H and O–H groups in total. The highest BCUT2D eigenvalue weighted by molar-refractivity contribution is 5.98. The van der Waals surface area contributed by atoms with Crippen molar-refractivity contribution in [3.63, 3.8) is 0 Å². The molecule has 0 spiro atoms. The van der Waals surface area contributed by atoms with Gasteiger partial charge in [0.05, 0.1) is 12.5 Å². The van der Waals surface area contributed by atoms with Crippen LogP contribution in [0.4, 0.5) is 5.69 Å². The summed E-state index contributed by atoms with van der Waals surface area (Å²) in [6, 6.07) is 6.79. The number of amides is 3. The molecule has 1 heterocycles. The molecule has 0 unspecified atom stereocenters.